The second-order valence-electron chi connectivity index (χ2n) is 4.67. The highest BCUT2D eigenvalue weighted by Crippen LogP contribution is 2.32. The summed E-state index contributed by atoms with van der Waals surface area (Å²) in [7, 11) is -1.39. The lowest BCUT2D eigenvalue weighted by Gasteiger charge is -2.11. The van der Waals surface area contributed by atoms with Gasteiger partial charge in [-0.3, -0.25) is 4.79 Å². The van der Waals surface area contributed by atoms with Gasteiger partial charge in [-0.1, -0.05) is 6.07 Å². The molecule has 6 nitrogen and oxygen atoms in total. The third-order valence-electron chi connectivity index (χ3n) is 3.09. The van der Waals surface area contributed by atoms with Gasteiger partial charge in [0.2, 0.25) is 0 Å². The Kier molecular flexibility index (Phi) is 4.14. The summed E-state index contributed by atoms with van der Waals surface area (Å²) in [6.45, 7) is 0. The lowest BCUT2D eigenvalue weighted by atomic mass is 10.2. The number of halogens is 3. The van der Waals surface area contributed by atoms with E-state index in [1.165, 1.54) is 24.6 Å². The van der Waals surface area contributed by atoms with Crippen LogP contribution in [0.4, 0.5) is 13.2 Å². The van der Waals surface area contributed by atoms with Crippen LogP contribution in [0.15, 0.2) is 50.5 Å². The molecular weight excluding hydrogens is 345 g/mol. The molecule has 1 atom stereocenters. The van der Waals surface area contributed by atoms with Crippen LogP contribution in [0.2, 0.25) is 0 Å². The number of amides is 1. The highest BCUT2D eigenvalue weighted by Gasteiger charge is 2.34. The molecule has 0 aliphatic carbocycles. The fourth-order valence-electron chi connectivity index (χ4n) is 2.04. The summed E-state index contributed by atoms with van der Waals surface area (Å²) in [4.78, 5) is 16.1. The van der Waals surface area contributed by atoms with E-state index in [4.69, 9.17) is 0 Å². The van der Waals surface area contributed by atoms with E-state index in [0.29, 0.717) is 5.52 Å². The molecular formula is C14H9F3N4O2S. The molecule has 0 aliphatic heterocycles. The molecule has 0 fully saturated rings. The predicted octanol–water partition coefficient (Wildman–Crippen LogP) is 3.27. The Balaban J connectivity index is 2.03. The molecule has 1 aromatic carbocycles. The van der Waals surface area contributed by atoms with Crippen molar-refractivity contribution in [3.63, 3.8) is 0 Å². The largest absolute Gasteiger partial charge is 0.419 e. The van der Waals surface area contributed by atoms with Crippen LogP contribution in [0.5, 0.6) is 0 Å². The molecule has 3 aromatic rings. The Morgan fingerprint density at radius 2 is 2.00 bits per heavy atom. The second-order valence-corrected chi connectivity index (χ2v) is 6.19. The molecule has 10 heteroatoms. The molecule has 0 saturated carbocycles. The molecule has 0 N–H and O–H groups in total. The number of hydrogen-bond acceptors (Lipinski definition) is 5. The molecule has 1 amide bonds. The maximum Gasteiger partial charge on any atom is 0.419 e. The third kappa shape index (κ3) is 3.04. The van der Waals surface area contributed by atoms with E-state index in [0.717, 1.165) is 6.07 Å². The zero-order valence-electron chi connectivity index (χ0n) is 12.1. The van der Waals surface area contributed by atoms with Gasteiger partial charge in [0.05, 0.1) is 11.1 Å². The van der Waals surface area contributed by atoms with Gasteiger partial charge < -0.3 is 0 Å². The van der Waals surface area contributed by atoms with Crippen molar-refractivity contribution in [2.24, 2.45) is 4.36 Å². The van der Waals surface area contributed by atoms with Crippen molar-refractivity contribution in [3.8, 4) is 0 Å². The first-order valence-electron chi connectivity index (χ1n) is 6.53. The Bertz CT molecular complexity index is 952. The maximum absolute atomic E-state index is 13.0. The number of rotatable bonds is 2. The van der Waals surface area contributed by atoms with E-state index >= 15 is 0 Å². The SMILES string of the molecule is C[S@](=NC(=O)c1cccc2nonc12)c1ncccc1C(F)(F)F. The molecule has 0 radical (unpaired) electrons. The van der Waals surface area contributed by atoms with Crippen LogP contribution in [0, 0.1) is 0 Å². The summed E-state index contributed by atoms with van der Waals surface area (Å²) >= 11 is 0. The van der Waals surface area contributed by atoms with E-state index in [1.54, 1.807) is 12.1 Å². The smallest absolute Gasteiger partial charge is 0.266 e. The van der Waals surface area contributed by atoms with Crippen LogP contribution >= 0.6 is 0 Å². The standard InChI is InChI=1S/C14H9F3N4O2S/c1-24(13-9(14(15,16)17)5-3-7-18-13)21-12(22)8-4-2-6-10-11(8)20-23-19-10/h2-7H,1H3/t24-/m0/s1. The fourth-order valence-corrected chi connectivity index (χ4v) is 3.19. The van der Waals surface area contributed by atoms with Crippen LogP contribution < -0.4 is 0 Å². The zero-order valence-corrected chi connectivity index (χ0v) is 12.9. The van der Waals surface area contributed by atoms with Crippen molar-refractivity contribution in [2.75, 3.05) is 6.26 Å². The average molecular weight is 354 g/mol. The summed E-state index contributed by atoms with van der Waals surface area (Å²) in [5.41, 5.74) is -0.229. The van der Waals surface area contributed by atoms with Crippen molar-refractivity contribution in [2.45, 2.75) is 11.2 Å². The minimum absolute atomic E-state index is 0.109. The van der Waals surface area contributed by atoms with E-state index in [-0.39, 0.29) is 16.1 Å². The first kappa shape index (κ1) is 16.2. The molecule has 0 unspecified atom stereocenters. The average Bonchev–Trinajstić information content (AvgIpc) is 3.02. The van der Waals surface area contributed by atoms with E-state index < -0.39 is 28.3 Å². The quantitative estimate of drug-likeness (QED) is 0.705. The molecule has 0 saturated heterocycles. The monoisotopic (exact) mass is 354 g/mol. The van der Waals surface area contributed by atoms with Crippen molar-refractivity contribution >= 4 is 27.6 Å². The topological polar surface area (TPSA) is 81.2 Å². The number of alkyl halides is 3. The number of benzene rings is 1. The highest BCUT2D eigenvalue weighted by atomic mass is 32.2. The van der Waals surface area contributed by atoms with Gasteiger partial charge in [-0.2, -0.15) is 17.5 Å². The van der Waals surface area contributed by atoms with Gasteiger partial charge in [-0.25, -0.2) is 9.61 Å². The number of hydrogen-bond donors (Lipinski definition) is 0. The van der Waals surface area contributed by atoms with Crippen LogP contribution in [0.3, 0.4) is 0 Å². The second kappa shape index (κ2) is 6.11. The normalized spacial score (nSPS) is 13.3. The minimum Gasteiger partial charge on any atom is -0.266 e. The van der Waals surface area contributed by atoms with Crippen LogP contribution in [0.25, 0.3) is 11.0 Å². The van der Waals surface area contributed by atoms with E-state index in [1.807, 2.05) is 0 Å². The van der Waals surface area contributed by atoms with Crippen molar-refractivity contribution in [1.29, 1.82) is 0 Å². The van der Waals surface area contributed by atoms with Gasteiger partial charge in [0.1, 0.15) is 16.1 Å². The fraction of sp³-hybridized carbons (Fsp3) is 0.143. The number of aromatic nitrogens is 3. The number of fused-ring (bicyclic) bond motifs is 1. The van der Waals surface area contributed by atoms with Crippen molar-refractivity contribution in [1.82, 2.24) is 15.3 Å². The molecule has 3 rings (SSSR count). The summed E-state index contributed by atoms with van der Waals surface area (Å²) in [5.74, 6) is -0.707. The van der Waals surface area contributed by atoms with Crippen molar-refractivity contribution < 1.29 is 22.6 Å². The Labute approximate surface area is 135 Å². The van der Waals surface area contributed by atoms with Gasteiger partial charge in [-0.15, -0.1) is 0 Å². The van der Waals surface area contributed by atoms with Crippen LogP contribution in [0.1, 0.15) is 15.9 Å². The van der Waals surface area contributed by atoms with Crippen LogP contribution in [-0.2, 0) is 16.9 Å². The van der Waals surface area contributed by atoms with Crippen LogP contribution in [-0.4, -0.2) is 27.5 Å². The minimum atomic E-state index is -4.57. The lowest BCUT2D eigenvalue weighted by Crippen LogP contribution is -2.12. The number of carbonyl (C=O) groups is 1. The lowest BCUT2D eigenvalue weighted by molar-refractivity contribution is -0.140. The number of nitrogens with zero attached hydrogens (tertiary/aromatic N) is 4. The molecule has 2 heterocycles. The zero-order chi connectivity index (χ0) is 17.3. The summed E-state index contributed by atoms with van der Waals surface area (Å²) in [5, 5.41) is 6.94. The van der Waals surface area contributed by atoms with Gasteiger partial charge in [-0.05, 0) is 51.5 Å². The Morgan fingerprint density at radius 3 is 2.75 bits per heavy atom. The first-order chi connectivity index (χ1) is 11.4. The molecule has 2 aromatic heterocycles. The molecule has 24 heavy (non-hydrogen) atoms. The van der Waals surface area contributed by atoms with Crippen molar-refractivity contribution in [3.05, 3.63) is 47.7 Å². The van der Waals surface area contributed by atoms with Gasteiger partial charge in [0, 0.05) is 6.20 Å². The molecule has 0 aliphatic rings. The number of carbonyl (C=O) groups excluding carboxylic acids is 1. The Morgan fingerprint density at radius 1 is 1.21 bits per heavy atom. The maximum atomic E-state index is 13.0. The summed E-state index contributed by atoms with van der Waals surface area (Å²) in [6.07, 6.45) is -1.94. The van der Waals surface area contributed by atoms with Gasteiger partial charge in [0.15, 0.2) is 0 Å². The molecule has 0 bridgehead atoms. The van der Waals surface area contributed by atoms with Gasteiger partial charge >= 0.3 is 6.18 Å². The predicted molar refractivity (Wildman–Crippen MR) is 79.4 cm³/mol. The summed E-state index contributed by atoms with van der Waals surface area (Å²) < 4.78 is 47.5. The molecule has 0 spiro atoms. The van der Waals surface area contributed by atoms with E-state index in [9.17, 15) is 18.0 Å². The highest BCUT2D eigenvalue weighted by molar-refractivity contribution is 7.86. The van der Waals surface area contributed by atoms with Gasteiger partial charge in [0.25, 0.3) is 5.91 Å². The number of pyridine rings is 1. The third-order valence-corrected chi connectivity index (χ3v) is 4.42. The molecule has 124 valence electrons. The summed E-state index contributed by atoms with van der Waals surface area (Å²) in [6, 6.07) is 6.71. The van der Waals surface area contributed by atoms with E-state index in [2.05, 4.69) is 24.3 Å². The first-order valence-corrected chi connectivity index (χ1v) is 8.12. The Hall–Kier alpha value is -2.62.